The second-order valence-electron chi connectivity index (χ2n) is 4.91. The lowest BCUT2D eigenvalue weighted by atomic mass is 10.1. The maximum atomic E-state index is 9.80. The average Bonchev–Trinajstić information content (AvgIpc) is 2.18. The minimum atomic E-state index is -0.444. The molecule has 0 aliphatic carbocycles. The zero-order valence-corrected chi connectivity index (χ0v) is 11.6. The molecule has 1 aromatic carbocycles. The fourth-order valence-electron chi connectivity index (χ4n) is 1.30. The minimum absolute atomic E-state index is 0.194. The van der Waals surface area contributed by atoms with Crippen molar-refractivity contribution in [3.05, 3.63) is 34.3 Å². The van der Waals surface area contributed by atoms with Crippen molar-refractivity contribution in [3.8, 4) is 0 Å². The zero-order chi connectivity index (χ0) is 12.2. The van der Waals surface area contributed by atoms with E-state index in [4.69, 9.17) is 4.74 Å². The average molecular weight is 287 g/mol. The first-order chi connectivity index (χ1) is 7.37. The lowest BCUT2D eigenvalue weighted by Crippen LogP contribution is -2.27. The fourth-order valence-corrected chi connectivity index (χ4v) is 1.56. The first kappa shape index (κ1) is 13.7. The number of rotatable bonds is 4. The van der Waals surface area contributed by atoms with E-state index in [0.717, 1.165) is 10.0 Å². The monoisotopic (exact) mass is 286 g/mol. The normalized spacial score (nSPS) is 13.8. The third kappa shape index (κ3) is 5.64. The number of hydrogen-bond acceptors (Lipinski definition) is 2. The molecule has 0 radical (unpaired) electrons. The van der Waals surface area contributed by atoms with Crippen LogP contribution in [0.1, 0.15) is 26.3 Å². The Kier molecular flexibility index (Phi) is 4.96. The summed E-state index contributed by atoms with van der Waals surface area (Å²) in [6.45, 7) is 6.33. The lowest BCUT2D eigenvalue weighted by Gasteiger charge is -2.22. The van der Waals surface area contributed by atoms with Crippen LogP contribution >= 0.6 is 15.9 Å². The Morgan fingerprint density at radius 1 is 1.25 bits per heavy atom. The number of hydrogen-bond donors (Lipinski definition) is 1. The van der Waals surface area contributed by atoms with Gasteiger partial charge in [-0.1, -0.05) is 28.1 Å². The largest absolute Gasteiger partial charge is 0.390 e. The summed E-state index contributed by atoms with van der Waals surface area (Å²) in [4.78, 5) is 0. The van der Waals surface area contributed by atoms with E-state index >= 15 is 0 Å². The van der Waals surface area contributed by atoms with E-state index in [9.17, 15) is 5.11 Å². The van der Waals surface area contributed by atoms with E-state index < -0.39 is 6.10 Å². The number of halogens is 1. The minimum Gasteiger partial charge on any atom is -0.390 e. The molecule has 0 aliphatic rings. The van der Waals surface area contributed by atoms with Gasteiger partial charge in [-0.05, 0) is 38.5 Å². The fraction of sp³-hybridized carbons (Fsp3) is 0.538. The molecule has 1 atom stereocenters. The molecule has 1 unspecified atom stereocenters. The third-order valence-corrected chi connectivity index (χ3v) is 2.62. The van der Waals surface area contributed by atoms with Crippen molar-refractivity contribution in [2.24, 2.45) is 0 Å². The first-order valence-corrected chi connectivity index (χ1v) is 6.22. The predicted octanol–water partition coefficient (Wildman–Crippen LogP) is 3.17. The molecule has 0 spiro atoms. The highest BCUT2D eigenvalue weighted by Gasteiger charge is 2.13. The number of aliphatic hydroxyl groups is 1. The summed E-state index contributed by atoms with van der Waals surface area (Å²) in [6.07, 6.45) is 0.184. The summed E-state index contributed by atoms with van der Waals surface area (Å²) in [5, 5.41) is 9.80. The van der Waals surface area contributed by atoms with Crippen LogP contribution in [-0.4, -0.2) is 23.4 Å². The maximum absolute atomic E-state index is 9.80. The van der Waals surface area contributed by atoms with E-state index in [-0.39, 0.29) is 5.60 Å². The van der Waals surface area contributed by atoms with Gasteiger partial charge in [-0.3, -0.25) is 0 Å². The molecule has 2 nitrogen and oxygen atoms in total. The van der Waals surface area contributed by atoms with Crippen molar-refractivity contribution in [1.29, 1.82) is 0 Å². The van der Waals surface area contributed by atoms with Gasteiger partial charge in [0.05, 0.1) is 18.3 Å². The molecule has 0 saturated carbocycles. The third-order valence-electron chi connectivity index (χ3n) is 2.09. The van der Waals surface area contributed by atoms with Crippen molar-refractivity contribution < 1.29 is 9.84 Å². The second kappa shape index (κ2) is 5.80. The summed E-state index contributed by atoms with van der Waals surface area (Å²) in [6, 6.07) is 7.97. The Morgan fingerprint density at radius 3 is 2.31 bits per heavy atom. The smallest absolute Gasteiger partial charge is 0.0814 e. The van der Waals surface area contributed by atoms with Crippen LogP contribution in [0.2, 0.25) is 0 Å². The summed E-state index contributed by atoms with van der Waals surface area (Å²) in [5.74, 6) is 0. The molecule has 0 amide bonds. The molecule has 0 fully saturated rings. The van der Waals surface area contributed by atoms with Crippen LogP contribution in [0, 0.1) is 0 Å². The highest BCUT2D eigenvalue weighted by atomic mass is 79.9. The highest BCUT2D eigenvalue weighted by Crippen LogP contribution is 2.13. The summed E-state index contributed by atoms with van der Waals surface area (Å²) in [7, 11) is 0. The maximum Gasteiger partial charge on any atom is 0.0814 e. The standard InChI is InChI=1S/C13H19BrO2/c1-13(2,3)16-9-12(15)8-10-4-6-11(14)7-5-10/h4-7,12,15H,8-9H2,1-3H3. The molecule has 0 heterocycles. The van der Waals surface area contributed by atoms with Gasteiger partial charge < -0.3 is 9.84 Å². The van der Waals surface area contributed by atoms with Crippen molar-refractivity contribution in [2.45, 2.75) is 38.9 Å². The first-order valence-electron chi connectivity index (χ1n) is 5.43. The molecule has 0 aromatic heterocycles. The van der Waals surface area contributed by atoms with E-state index in [0.29, 0.717) is 13.0 Å². The van der Waals surface area contributed by atoms with Crippen molar-refractivity contribution in [3.63, 3.8) is 0 Å². The lowest BCUT2D eigenvalue weighted by molar-refractivity contribution is -0.0482. The van der Waals surface area contributed by atoms with Crippen molar-refractivity contribution >= 4 is 15.9 Å². The highest BCUT2D eigenvalue weighted by molar-refractivity contribution is 9.10. The molecule has 0 saturated heterocycles. The van der Waals surface area contributed by atoms with E-state index in [1.54, 1.807) is 0 Å². The molecule has 3 heteroatoms. The predicted molar refractivity (Wildman–Crippen MR) is 69.6 cm³/mol. The van der Waals surface area contributed by atoms with Gasteiger partial charge in [-0.15, -0.1) is 0 Å². The molecular weight excluding hydrogens is 268 g/mol. The van der Waals surface area contributed by atoms with Crippen LogP contribution < -0.4 is 0 Å². The topological polar surface area (TPSA) is 29.5 Å². The molecule has 0 bridgehead atoms. The van der Waals surface area contributed by atoms with Crippen molar-refractivity contribution in [2.75, 3.05) is 6.61 Å². The molecule has 1 N–H and O–H groups in total. The van der Waals surface area contributed by atoms with Gasteiger partial charge in [0.25, 0.3) is 0 Å². The Balaban J connectivity index is 2.39. The van der Waals surface area contributed by atoms with Gasteiger partial charge in [-0.2, -0.15) is 0 Å². The Hall–Kier alpha value is -0.380. The molecular formula is C13H19BrO2. The van der Waals surface area contributed by atoms with E-state index in [2.05, 4.69) is 15.9 Å². The summed E-state index contributed by atoms with van der Waals surface area (Å²) < 4.78 is 6.58. The van der Waals surface area contributed by atoms with Gasteiger partial charge in [0, 0.05) is 10.9 Å². The molecule has 0 aliphatic heterocycles. The molecule has 1 aromatic rings. The molecule has 90 valence electrons. The Bertz CT molecular complexity index is 314. The van der Waals surface area contributed by atoms with Gasteiger partial charge in [-0.25, -0.2) is 0 Å². The van der Waals surface area contributed by atoms with Crippen LogP contribution in [-0.2, 0) is 11.2 Å². The SMILES string of the molecule is CC(C)(C)OCC(O)Cc1ccc(Br)cc1. The van der Waals surface area contributed by atoms with Crippen LogP contribution in [0.5, 0.6) is 0 Å². The number of benzene rings is 1. The van der Waals surface area contributed by atoms with Crippen LogP contribution in [0.3, 0.4) is 0 Å². The summed E-state index contributed by atoms with van der Waals surface area (Å²) in [5.41, 5.74) is 0.925. The van der Waals surface area contributed by atoms with Gasteiger partial charge >= 0.3 is 0 Å². The van der Waals surface area contributed by atoms with Gasteiger partial charge in [0.1, 0.15) is 0 Å². The van der Waals surface area contributed by atoms with Crippen LogP contribution in [0.4, 0.5) is 0 Å². The second-order valence-corrected chi connectivity index (χ2v) is 5.82. The Morgan fingerprint density at radius 2 is 1.81 bits per heavy atom. The molecule has 1 rings (SSSR count). The van der Waals surface area contributed by atoms with Gasteiger partial charge in [0.15, 0.2) is 0 Å². The van der Waals surface area contributed by atoms with Crippen LogP contribution in [0.15, 0.2) is 28.7 Å². The van der Waals surface area contributed by atoms with E-state index in [1.807, 2.05) is 45.0 Å². The van der Waals surface area contributed by atoms with Gasteiger partial charge in [0.2, 0.25) is 0 Å². The van der Waals surface area contributed by atoms with Crippen LogP contribution in [0.25, 0.3) is 0 Å². The summed E-state index contributed by atoms with van der Waals surface area (Å²) >= 11 is 3.38. The quantitative estimate of drug-likeness (QED) is 0.921. The number of aliphatic hydroxyl groups excluding tert-OH is 1. The Labute approximate surface area is 106 Å². The zero-order valence-electron chi connectivity index (χ0n) is 10.0. The van der Waals surface area contributed by atoms with Crippen molar-refractivity contribution in [1.82, 2.24) is 0 Å². The van der Waals surface area contributed by atoms with E-state index in [1.165, 1.54) is 0 Å². The molecule has 16 heavy (non-hydrogen) atoms. The number of ether oxygens (including phenoxy) is 1.